The molecule has 0 radical (unpaired) electrons. The Hall–Kier alpha value is -2.60. The maximum atomic E-state index is 12.6. The number of nitrogens with zero attached hydrogens (tertiary/aromatic N) is 1. The van der Waals surface area contributed by atoms with E-state index >= 15 is 0 Å². The van der Waals surface area contributed by atoms with Crippen molar-refractivity contribution in [3.05, 3.63) is 71.8 Å². The Bertz CT molecular complexity index is 649. The largest absolute Gasteiger partial charge is 0.469 e. The Balaban J connectivity index is 2.69. The first-order valence-electron chi connectivity index (χ1n) is 8.30. The van der Waals surface area contributed by atoms with Gasteiger partial charge in [0, 0.05) is 0 Å². The molecule has 0 heterocycles. The van der Waals surface area contributed by atoms with Crippen LogP contribution < -0.4 is 0 Å². The fraction of sp³-hybridized carbons (Fsp3) is 0.333. The summed E-state index contributed by atoms with van der Waals surface area (Å²) in [4.78, 5) is 12.6. The van der Waals surface area contributed by atoms with Crippen LogP contribution in [0.2, 0.25) is 0 Å². The molecule has 0 saturated heterocycles. The predicted molar refractivity (Wildman–Crippen MR) is 94.3 cm³/mol. The van der Waals surface area contributed by atoms with E-state index in [9.17, 15) is 10.1 Å². The highest BCUT2D eigenvalue weighted by Crippen LogP contribution is 2.42. The molecule has 0 aromatic heterocycles. The third kappa shape index (κ3) is 3.33. The third-order valence-electron chi connectivity index (χ3n) is 4.49. The normalized spacial score (nSPS) is 12.2. The van der Waals surface area contributed by atoms with Gasteiger partial charge in [-0.05, 0) is 17.5 Å². The molecule has 124 valence electrons. The topological polar surface area (TPSA) is 50.1 Å². The smallest absolute Gasteiger partial charge is 0.310 e. The maximum Gasteiger partial charge on any atom is 0.310 e. The van der Waals surface area contributed by atoms with Crippen LogP contribution in [0.25, 0.3) is 0 Å². The first-order valence-corrected chi connectivity index (χ1v) is 8.30. The second kappa shape index (κ2) is 8.31. The highest BCUT2D eigenvalue weighted by atomic mass is 16.5. The summed E-state index contributed by atoms with van der Waals surface area (Å²) in [5, 5.41) is 10.2. The van der Waals surface area contributed by atoms with Crippen LogP contribution in [0.4, 0.5) is 0 Å². The standard InChI is InChI=1S/C21H23NO2/c1-3-4-15-19(20(23)24-2)21(16-22,17-11-7-5-8-12-17)18-13-9-6-10-14-18/h5-14,19H,3-4,15H2,1-2H3. The molecule has 0 N–H and O–H groups in total. The minimum atomic E-state index is -1.05. The predicted octanol–water partition coefficient (Wildman–Crippen LogP) is 4.48. The van der Waals surface area contributed by atoms with Crippen molar-refractivity contribution in [3.63, 3.8) is 0 Å². The first kappa shape index (κ1) is 17.7. The molecular weight excluding hydrogens is 298 g/mol. The third-order valence-corrected chi connectivity index (χ3v) is 4.49. The second-order valence-electron chi connectivity index (χ2n) is 5.87. The van der Waals surface area contributed by atoms with Gasteiger partial charge in [-0.3, -0.25) is 4.79 Å². The number of esters is 1. The molecule has 0 bridgehead atoms. The summed E-state index contributed by atoms with van der Waals surface area (Å²) in [6.07, 6.45) is 2.43. The van der Waals surface area contributed by atoms with Crippen LogP contribution >= 0.6 is 0 Å². The number of hydrogen-bond acceptors (Lipinski definition) is 3. The summed E-state index contributed by atoms with van der Waals surface area (Å²) < 4.78 is 5.07. The van der Waals surface area contributed by atoms with E-state index in [0.717, 1.165) is 24.0 Å². The van der Waals surface area contributed by atoms with E-state index < -0.39 is 11.3 Å². The molecule has 0 saturated carbocycles. The van der Waals surface area contributed by atoms with Crippen molar-refractivity contribution in [2.24, 2.45) is 5.92 Å². The van der Waals surface area contributed by atoms with Crippen LogP contribution in [-0.4, -0.2) is 13.1 Å². The van der Waals surface area contributed by atoms with Crippen LogP contribution in [0.15, 0.2) is 60.7 Å². The Labute approximate surface area is 143 Å². The lowest BCUT2D eigenvalue weighted by Gasteiger charge is -2.34. The maximum absolute atomic E-state index is 12.6. The summed E-state index contributed by atoms with van der Waals surface area (Å²) in [6, 6.07) is 21.6. The van der Waals surface area contributed by atoms with Gasteiger partial charge < -0.3 is 4.74 Å². The van der Waals surface area contributed by atoms with Crippen LogP contribution in [0.5, 0.6) is 0 Å². The van der Waals surface area contributed by atoms with E-state index in [-0.39, 0.29) is 5.97 Å². The highest BCUT2D eigenvalue weighted by molar-refractivity contribution is 5.77. The zero-order chi connectivity index (χ0) is 17.4. The SMILES string of the molecule is CCCCC(C(=O)OC)C(C#N)(c1ccccc1)c1ccccc1. The number of nitriles is 1. The Morgan fingerprint density at radius 3 is 1.96 bits per heavy atom. The number of benzene rings is 2. The molecule has 2 rings (SSSR count). The molecule has 24 heavy (non-hydrogen) atoms. The van der Waals surface area contributed by atoms with E-state index in [4.69, 9.17) is 4.74 Å². The number of unbranched alkanes of at least 4 members (excludes halogenated alkanes) is 1. The van der Waals surface area contributed by atoms with Crippen molar-refractivity contribution in [1.82, 2.24) is 0 Å². The van der Waals surface area contributed by atoms with Gasteiger partial charge in [0.05, 0.1) is 19.1 Å². The molecule has 0 aliphatic heterocycles. The van der Waals surface area contributed by atoms with Gasteiger partial charge in [-0.25, -0.2) is 0 Å². The van der Waals surface area contributed by atoms with Gasteiger partial charge in [0.1, 0.15) is 5.41 Å². The first-order chi connectivity index (χ1) is 11.7. The van der Waals surface area contributed by atoms with Crippen molar-refractivity contribution < 1.29 is 9.53 Å². The number of carbonyl (C=O) groups excluding carboxylic acids is 1. The molecule has 2 aromatic carbocycles. The Kier molecular flexibility index (Phi) is 6.14. The lowest BCUT2D eigenvalue weighted by Crippen LogP contribution is -2.40. The lowest BCUT2D eigenvalue weighted by molar-refractivity contribution is -0.147. The Morgan fingerprint density at radius 2 is 1.58 bits per heavy atom. The van der Waals surface area contributed by atoms with Gasteiger partial charge in [0.15, 0.2) is 0 Å². The van der Waals surface area contributed by atoms with Gasteiger partial charge in [-0.2, -0.15) is 5.26 Å². The zero-order valence-electron chi connectivity index (χ0n) is 14.2. The Morgan fingerprint density at radius 1 is 1.08 bits per heavy atom. The molecule has 0 amide bonds. The average molecular weight is 321 g/mol. The molecule has 2 aromatic rings. The van der Waals surface area contributed by atoms with Gasteiger partial charge in [0.2, 0.25) is 0 Å². The molecular formula is C21H23NO2. The molecule has 0 fully saturated rings. The van der Waals surface area contributed by atoms with Crippen LogP contribution in [-0.2, 0) is 14.9 Å². The second-order valence-corrected chi connectivity index (χ2v) is 5.87. The summed E-state index contributed by atoms with van der Waals surface area (Å²) in [5.41, 5.74) is 0.598. The van der Waals surface area contributed by atoms with Gasteiger partial charge in [-0.1, -0.05) is 80.4 Å². The molecule has 3 heteroatoms. The summed E-state index contributed by atoms with van der Waals surface area (Å²) in [7, 11) is 1.39. The molecule has 1 atom stereocenters. The molecule has 3 nitrogen and oxygen atoms in total. The van der Waals surface area contributed by atoms with Crippen molar-refractivity contribution in [2.75, 3.05) is 7.11 Å². The number of rotatable bonds is 7. The number of carbonyl (C=O) groups is 1. The van der Waals surface area contributed by atoms with Crippen molar-refractivity contribution in [3.8, 4) is 6.07 Å². The molecule has 0 aliphatic rings. The number of methoxy groups -OCH3 is 1. The van der Waals surface area contributed by atoms with E-state index in [2.05, 4.69) is 13.0 Å². The molecule has 0 spiro atoms. The fourth-order valence-electron chi connectivity index (χ4n) is 3.24. The fourth-order valence-corrected chi connectivity index (χ4v) is 3.24. The molecule has 1 unspecified atom stereocenters. The minimum Gasteiger partial charge on any atom is -0.469 e. The summed E-state index contributed by atoms with van der Waals surface area (Å²) in [5.74, 6) is -0.880. The van der Waals surface area contributed by atoms with Crippen LogP contribution in [0.1, 0.15) is 37.3 Å². The quantitative estimate of drug-likeness (QED) is 0.707. The van der Waals surface area contributed by atoms with Gasteiger partial charge >= 0.3 is 5.97 Å². The summed E-state index contributed by atoms with van der Waals surface area (Å²) >= 11 is 0. The monoisotopic (exact) mass is 321 g/mol. The number of ether oxygens (including phenoxy) is 1. The van der Waals surface area contributed by atoms with E-state index in [1.54, 1.807) is 0 Å². The van der Waals surface area contributed by atoms with Crippen LogP contribution in [0, 0.1) is 17.2 Å². The van der Waals surface area contributed by atoms with E-state index in [1.165, 1.54) is 7.11 Å². The van der Waals surface area contributed by atoms with Gasteiger partial charge in [-0.15, -0.1) is 0 Å². The number of hydrogen-bond donors (Lipinski definition) is 0. The van der Waals surface area contributed by atoms with Crippen LogP contribution in [0.3, 0.4) is 0 Å². The van der Waals surface area contributed by atoms with Crippen molar-refractivity contribution >= 4 is 5.97 Å². The van der Waals surface area contributed by atoms with Gasteiger partial charge in [0.25, 0.3) is 0 Å². The average Bonchev–Trinajstić information content (AvgIpc) is 2.66. The molecule has 0 aliphatic carbocycles. The minimum absolute atomic E-state index is 0.335. The van der Waals surface area contributed by atoms with Crippen molar-refractivity contribution in [1.29, 1.82) is 5.26 Å². The zero-order valence-corrected chi connectivity index (χ0v) is 14.2. The van der Waals surface area contributed by atoms with Crippen molar-refractivity contribution in [2.45, 2.75) is 31.6 Å². The van der Waals surface area contributed by atoms with E-state index in [0.29, 0.717) is 6.42 Å². The highest BCUT2D eigenvalue weighted by Gasteiger charge is 2.46. The summed E-state index contributed by atoms with van der Waals surface area (Å²) in [6.45, 7) is 2.08. The van der Waals surface area contributed by atoms with E-state index in [1.807, 2.05) is 60.7 Å². The lowest BCUT2D eigenvalue weighted by atomic mass is 9.65.